The van der Waals surface area contributed by atoms with Gasteiger partial charge in [0.25, 0.3) is 11.4 Å². The first-order valence-corrected chi connectivity index (χ1v) is 12.6. The number of non-ortho nitro benzene ring substituents is 1. The summed E-state index contributed by atoms with van der Waals surface area (Å²) in [4.78, 5) is 25.3. The second kappa shape index (κ2) is 11.8. The van der Waals surface area contributed by atoms with Crippen LogP contribution >= 0.6 is 11.8 Å². The van der Waals surface area contributed by atoms with E-state index >= 15 is 0 Å². The van der Waals surface area contributed by atoms with Crippen LogP contribution in [0.5, 0.6) is 5.75 Å². The van der Waals surface area contributed by atoms with Gasteiger partial charge in [-0.15, -0.1) is 11.8 Å². The number of aliphatic imine (C=N–C) groups is 1. The first-order valence-electron chi connectivity index (χ1n) is 11.6. The van der Waals surface area contributed by atoms with Crippen LogP contribution in [-0.4, -0.2) is 42.9 Å². The Bertz CT molecular complexity index is 1320. The van der Waals surface area contributed by atoms with E-state index in [1.165, 1.54) is 36.4 Å². The van der Waals surface area contributed by atoms with Crippen molar-refractivity contribution in [1.29, 1.82) is 0 Å². The molecule has 0 heterocycles. The van der Waals surface area contributed by atoms with E-state index in [-0.39, 0.29) is 22.4 Å². The summed E-state index contributed by atoms with van der Waals surface area (Å²) in [7, 11) is 0. The number of phenolic OH excluding ortho intramolecular Hbond substituents is 1. The Labute approximate surface area is 217 Å². The fraction of sp³-hybridized carbons (Fsp3) is 0.222. The van der Waals surface area contributed by atoms with Crippen molar-refractivity contribution in [3.8, 4) is 5.75 Å². The Balaban J connectivity index is 1.27. The molecular weight excluding hydrogens is 494 g/mol. The summed E-state index contributed by atoms with van der Waals surface area (Å²) in [6, 6.07) is 3.93. The van der Waals surface area contributed by atoms with Gasteiger partial charge in [0.1, 0.15) is 5.75 Å². The van der Waals surface area contributed by atoms with Crippen LogP contribution in [0, 0.1) is 26.1 Å². The molecule has 0 bridgehead atoms. The van der Waals surface area contributed by atoms with Gasteiger partial charge in [0.15, 0.2) is 0 Å². The van der Waals surface area contributed by atoms with Crippen LogP contribution in [0.4, 0.5) is 5.69 Å². The number of phenols is 1. The number of aliphatic hydroxyl groups excluding tert-OH is 1. The minimum atomic E-state index is -0.841. The maximum atomic E-state index is 11.0. The Morgan fingerprint density at radius 1 is 0.973 bits per heavy atom. The lowest BCUT2D eigenvalue weighted by atomic mass is 9.97. The standard InChI is InChI=1S/C27H25N3O6S/c31-26-13-7-22(29(33)34)15-19(26)4-1-18-2-9-24(10-3-18)37-25-11-5-21(6-12-25)28-17-20-16-23(30(35)36)8-14-27(20)32/h1-9,11,13-17,20,24-25,27,31-32H,10,12H2/b4-1+,28-17+. The number of aromatic hydroxyl groups is 1. The van der Waals surface area contributed by atoms with Crippen LogP contribution in [0.3, 0.4) is 0 Å². The van der Waals surface area contributed by atoms with Gasteiger partial charge in [-0.05, 0) is 36.6 Å². The minimum Gasteiger partial charge on any atom is -0.507 e. The third kappa shape index (κ3) is 7.02. The van der Waals surface area contributed by atoms with Crippen molar-refractivity contribution >= 4 is 29.7 Å². The zero-order chi connectivity index (χ0) is 26.4. The molecule has 1 aromatic rings. The number of hydrogen-bond acceptors (Lipinski definition) is 8. The van der Waals surface area contributed by atoms with Gasteiger partial charge in [0.05, 0.1) is 21.6 Å². The number of nitro benzene ring substituents is 1. The highest BCUT2D eigenvalue weighted by Gasteiger charge is 2.22. The van der Waals surface area contributed by atoms with Gasteiger partial charge in [-0.3, -0.25) is 25.2 Å². The lowest BCUT2D eigenvalue weighted by Gasteiger charge is -2.21. The van der Waals surface area contributed by atoms with Crippen molar-refractivity contribution in [2.24, 2.45) is 10.9 Å². The number of thioether (sulfide) groups is 1. The molecule has 0 fully saturated rings. The zero-order valence-electron chi connectivity index (χ0n) is 19.7. The quantitative estimate of drug-likeness (QED) is 0.270. The first-order chi connectivity index (χ1) is 17.8. The van der Waals surface area contributed by atoms with Gasteiger partial charge in [0.2, 0.25) is 0 Å². The molecule has 4 rings (SSSR count). The summed E-state index contributed by atoms with van der Waals surface area (Å²) >= 11 is 1.83. The van der Waals surface area contributed by atoms with E-state index in [9.17, 15) is 30.4 Å². The van der Waals surface area contributed by atoms with Gasteiger partial charge < -0.3 is 10.2 Å². The number of hydrogen-bond donors (Lipinski definition) is 2. The van der Waals surface area contributed by atoms with Gasteiger partial charge in [-0.25, -0.2) is 0 Å². The van der Waals surface area contributed by atoms with Gasteiger partial charge >= 0.3 is 0 Å². The molecule has 3 aliphatic rings. The Hall–Kier alpha value is -4.02. The van der Waals surface area contributed by atoms with E-state index in [4.69, 9.17) is 0 Å². The molecule has 9 nitrogen and oxygen atoms in total. The van der Waals surface area contributed by atoms with Crippen molar-refractivity contribution < 1.29 is 20.1 Å². The smallest absolute Gasteiger partial charge is 0.270 e. The van der Waals surface area contributed by atoms with Gasteiger partial charge in [0, 0.05) is 52.5 Å². The van der Waals surface area contributed by atoms with Gasteiger partial charge in [-0.1, -0.05) is 42.5 Å². The Morgan fingerprint density at radius 2 is 1.73 bits per heavy atom. The molecule has 3 aliphatic carbocycles. The van der Waals surface area contributed by atoms with Crippen molar-refractivity contribution in [2.75, 3.05) is 0 Å². The molecule has 4 unspecified atom stereocenters. The average molecular weight is 520 g/mol. The summed E-state index contributed by atoms with van der Waals surface area (Å²) < 4.78 is 0. The van der Waals surface area contributed by atoms with Crippen molar-refractivity contribution in [3.05, 3.63) is 122 Å². The largest absolute Gasteiger partial charge is 0.507 e. The first kappa shape index (κ1) is 26.1. The molecule has 2 N–H and O–H groups in total. The van der Waals surface area contributed by atoms with Crippen LogP contribution in [0.15, 0.2) is 101 Å². The minimum absolute atomic E-state index is 0.0129. The van der Waals surface area contributed by atoms with E-state index in [1.807, 2.05) is 36.1 Å². The van der Waals surface area contributed by atoms with Crippen LogP contribution in [0.1, 0.15) is 18.4 Å². The van der Waals surface area contributed by atoms with E-state index in [0.29, 0.717) is 10.8 Å². The summed E-state index contributed by atoms with van der Waals surface area (Å²) in [5, 5.41) is 42.5. The maximum absolute atomic E-state index is 11.0. The third-order valence-corrected chi connectivity index (χ3v) is 7.38. The lowest BCUT2D eigenvalue weighted by molar-refractivity contribution is -0.419. The second-order valence-corrected chi connectivity index (χ2v) is 10.1. The molecule has 0 radical (unpaired) electrons. The van der Waals surface area contributed by atoms with Crippen LogP contribution in [0.25, 0.3) is 6.08 Å². The molecule has 0 aromatic heterocycles. The second-order valence-electron chi connectivity index (χ2n) is 8.62. The fourth-order valence-electron chi connectivity index (χ4n) is 3.93. The highest BCUT2D eigenvalue weighted by Crippen LogP contribution is 2.32. The third-order valence-electron chi connectivity index (χ3n) is 5.99. The van der Waals surface area contributed by atoms with Crippen molar-refractivity contribution in [1.82, 2.24) is 0 Å². The molecule has 0 spiro atoms. The molecule has 190 valence electrons. The van der Waals surface area contributed by atoms with Crippen molar-refractivity contribution in [3.63, 3.8) is 0 Å². The molecule has 10 heteroatoms. The fourth-order valence-corrected chi connectivity index (χ4v) is 5.13. The van der Waals surface area contributed by atoms with Crippen LogP contribution in [0.2, 0.25) is 0 Å². The Kier molecular flexibility index (Phi) is 8.32. The SMILES string of the molecule is O=[N+]([O-])C1=CC(/C=N/C2=CCC(SC3C=CC(/C=C/c4cc([N+](=O)[O-])ccc4O)=CC3)C=C2)C(O)C=C1. The van der Waals surface area contributed by atoms with E-state index in [1.54, 1.807) is 12.3 Å². The maximum Gasteiger partial charge on any atom is 0.270 e. The number of nitro groups is 2. The number of aliphatic hydroxyl groups is 1. The van der Waals surface area contributed by atoms with E-state index < -0.39 is 21.9 Å². The molecule has 1 aromatic carbocycles. The van der Waals surface area contributed by atoms with Crippen LogP contribution < -0.4 is 0 Å². The van der Waals surface area contributed by atoms with E-state index in [0.717, 1.165) is 24.1 Å². The predicted octanol–water partition coefficient (Wildman–Crippen LogP) is 5.29. The number of nitrogens with zero attached hydrogens (tertiary/aromatic N) is 3. The Morgan fingerprint density at radius 3 is 2.38 bits per heavy atom. The van der Waals surface area contributed by atoms with Gasteiger partial charge in [-0.2, -0.15) is 0 Å². The predicted molar refractivity (Wildman–Crippen MR) is 145 cm³/mol. The topological polar surface area (TPSA) is 139 Å². The summed E-state index contributed by atoms with van der Waals surface area (Å²) in [5.74, 6) is -0.559. The zero-order valence-corrected chi connectivity index (χ0v) is 20.5. The molecule has 0 amide bonds. The molecule has 0 aliphatic heterocycles. The van der Waals surface area contributed by atoms with E-state index in [2.05, 4.69) is 23.2 Å². The summed E-state index contributed by atoms with van der Waals surface area (Å²) in [6.45, 7) is 0. The number of benzene rings is 1. The summed E-state index contributed by atoms with van der Waals surface area (Å²) in [5.41, 5.74) is 1.98. The molecule has 0 saturated carbocycles. The number of rotatable bonds is 8. The molecule has 37 heavy (non-hydrogen) atoms. The molecule has 0 saturated heterocycles. The highest BCUT2D eigenvalue weighted by molar-refractivity contribution is 8.00. The lowest BCUT2D eigenvalue weighted by Crippen LogP contribution is -2.22. The number of allylic oxidation sites excluding steroid dienone is 7. The van der Waals surface area contributed by atoms with Crippen LogP contribution in [-0.2, 0) is 0 Å². The monoisotopic (exact) mass is 519 g/mol. The molecular formula is C27H25N3O6S. The normalized spacial score (nSPS) is 25.3. The average Bonchev–Trinajstić information content (AvgIpc) is 2.89. The molecule has 4 atom stereocenters. The summed E-state index contributed by atoms with van der Waals surface area (Å²) in [6.07, 6.45) is 22.2. The van der Waals surface area contributed by atoms with Crippen molar-refractivity contribution in [2.45, 2.75) is 29.4 Å². The highest BCUT2D eigenvalue weighted by atomic mass is 32.2.